The molecule has 0 aliphatic carbocycles. The van der Waals surface area contributed by atoms with Crippen molar-refractivity contribution in [3.63, 3.8) is 0 Å². The van der Waals surface area contributed by atoms with E-state index in [1.54, 1.807) is 24.3 Å². The van der Waals surface area contributed by atoms with Gasteiger partial charge >= 0.3 is 0 Å². The summed E-state index contributed by atoms with van der Waals surface area (Å²) in [4.78, 5) is 9.91. The Balaban J connectivity index is 1.72. The van der Waals surface area contributed by atoms with E-state index in [4.69, 9.17) is 0 Å². The van der Waals surface area contributed by atoms with Gasteiger partial charge in [0.05, 0.1) is 10.6 Å². The Bertz CT molecular complexity index is 651. The minimum absolute atomic E-state index is 0.0531. The van der Waals surface area contributed by atoms with Crippen LogP contribution in [0.3, 0.4) is 0 Å². The highest BCUT2D eigenvalue weighted by molar-refractivity contribution is 7.91. The van der Waals surface area contributed by atoms with Crippen LogP contribution in [0.5, 0.6) is 0 Å². The first-order valence-electron chi connectivity index (χ1n) is 9.55. The highest BCUT2D eigenvalue weighted by Crippen LogP contribution is 2.17. The molecule has 1 atom stereocenters. The van der Waals surface area contributed by atoms with Crippen molar-refractivity contribution in [2.75, 3.05) is 78.8 Å². The van der Waals surface area contributed by atoms with Gasteiger partial charge in [0.15, 0.2) is 9.84 Å². The minimum Gasteiger partial charge on any atom is -0.304 e. The monoisotopic (exact) mass is 380 g/mol. The summed E-state index contributed by atoms with van der Waals surface area (Å²) in [6.45, 7) is 8.89. The molecule has 26 heavy (non-hydrogen) atoms. The van der Waals surface area contributed by atoms with Crippen LogP contribution in [0.2, 0.25) is 0 Å². The number of sulfone groups is 1. The van der Waals surface area contributed by atoms with Crippen LogP contribution >= 0.6 is 0 Å². The molecular weight excluding hydrogens is 348 g/mol. The Kier molecular flexibility index (Phi) is 6.69. The molecule has 0 aromatic heterocycles. The van der Waals surface area contributed by atoms with Gasteiger partial charge < -0.3 is 9.80 Å². The molecule has 0 bridgehead atoms. The summed E-state index contributed by atoms with van der Waals surface area (Å²) in [5.41, 5.74) is 0. The molecule has 2 aliphatic heterocycles. The Labute approximate surface area is 158 Å². The quantitative estimate of drug-likeness (QED) is 0.709. The van der Waals surface area contributed by atoms with Gasteiger partial charge in [-0.25, -0.2) is 8.42 Å². The lowest BCUT2D eigenvalue weighted by molar-refractivity contribution is 0.0773. The van der Waals surface area contributed by atoms with Crippen LogP contribution < -0.4 is 0 Å². The zero-order valence-electron chi connectivity index (χ0n) is 16.0. The number of rotatable bonds is 6. The Morgan fingerprint density at radius 3 is 1.96 bits per heavy atom. The van der Waals surface area contributed by atoms with E-state index >= 15 is 0 Å². The molecule has 1 unspecified atom stereocenters. The predicted octanol–water partition coefficient (Wildman–Crippen LogP) is 0.324. The lowest BCUT2D eigenvalue weighted by Crippen LogP contribution is -2.56. The summed E-state index contributed by atoms with van der Waals surface area (Å²) in [5, 5.41) is 0. The highest BCUT2D eigenvalue weighted by Gasteiger charge is 2.30. The number of hydrogen-bond acceptors (Lipinski definition) is 6. The largest absolute Gasteiger partial charge is 0.304 e. The van der Waals surface area contributed by atoms with Crippen LogP contribution in [0.15, 0.2) is 35.2 Å². The second-order valence-corrected chi connectivity index (χ2v) is 9.73. The van der Waals surface area contributed by atoms with Crippen molar-refractivity contribution < 1.29 is 8.42 Å². The van der Waals surface area contributed by atoms with Gasteiger partial charge in [-0.15, -0.1) is 0 Å². The molecule has 6 nitrogen and oxygen atoms in total. The first-order chi connectivity index (χ1) is 12.4. The average molecular weight is 381 g/mol. The summed E-state index contributed by atoms with van der Waals surface area (Å²) in [6, 6.07) is 8.95. The van der Waals surface area contributed by atoms with Crippen LogP contribution in [0.1, 0.15) is 0 Å². The molecular formula is C19H32N4O2S. The van der Waals surface area contributed by atoms with Gasteiger partial charge in [0, 0.05) is 64.9 Å². The van der Waals surface area contributed by atoms with E-state index in [1.165, 1.54) is 0 Å². The molecule has 2 saturated heterocycles. The zero-order valence-corrected chi connectivity index (χ0v) is 16.9. The molecule has 2 fully saturated rings. The Hall–Kier alpha value is -0.990. The van der Waals surface area contributed by atoms with Gasteiger partial charge in [0.1, 0.15) is 0 Å². The summed E-state index contributed by atoms with van der Waals surface area (Å²) in [6.07, 6.45) is 0. The molecule has 1 aromatic carbocycles. The van der Waals surface area contributed by atoms with Gasteiger partial charge in [-0.1, -0.05) is 18.2 Å². The molecule has 0 N–H and O–H groups in total. The van der Waals surface area contributed by atoms with Gasteiger partial charge in [0.2, 0.25) is 0 Å². The van der Waals surface area contributed by atoms with E-state index in [-0.39, 0.29) is 11.8 Å². The third-order valence-corrected chi connectivity index (χ3v) is 7.45. The highest BCUT2D eigenvalue weighted by atomic mass is 32.2. The van der Waals surface area contributed by atoms with Gasteiger partial charge in [-0.05, 0) is 26.2 Å². The van der Waals surface area contributed by atoms with Gasteiger partial charge in [-0.2, -0.15) is 0 Å². The second-order valence-electron chi connectivity index (χ2n) is 7.69. The number of likely N-dealkylation sites (N-methyl/N-ethyl adjacent to an activating group) is 2. The fourth-order valence-electron chi connectivity index (χ4n) is 3.77. The summed E-state index contributed by atoms with van der Waals surface area (Å²) < 4.78 is 26.0. The second kappa shape index (κ2) is 8.80. The van der Waals surface area contributed by atoms with E-state index in [9.17, 15) is 8.42 Å². The number of nitrogens with zero attached hydrogens (tertiary/aromatic N) is 4. The zero-order chi connectivity index (χ0) is 18.6. The van der Waals surface area contributed by atoms with E-state index < -0.39 is 9.84 Å². The predicted molar refractivity (Wildman–Crippen MR) is 105 cm³/mol. The first kappa shape index (κ1) is 19.8. The lowest BCUT2D eigenvalue weighted by Gasteiger charge is -2.41. The number of hydrogen-bond donors (Lipinski definition) is 0. The molecule has 2 aliphatic rings. The average Bonchev–Trinajstić information content (AvgIpc) is 2.64. The number of benzene rings is 1. The van der Waals surface area contributed by atoms with E-state index in [0.717, 1.165) is 58.9 Å². The van der Waals surface area contributed by atoms with Crippen molar-refractivity contribution in [3.8, 4) is 0 Å². The minimum atomic E-state index is -3.28. The van der Waals surface area contributed by atoms with Crippen molar-refractivity contribution in [2.45, 2.75) is 10.9 Å². The maximum atomic E-state index is 13.0. The number of piperazine rings is 2. The van der Waals surface area contributed by atoms with Crippen molar-refractivity contribution >= 4 is 9.84 Å². The van der Waals surface area contributed by atoms with Gasteiger partial charge in [0.25, 0.3) is 0 Å². The molecule has 0 amide bonds. The molecule has 3 rings (SSSR count). The maximum Gasteiger partial charge on any atom is 0.179 e. The van der Waals surface area contributed by atoms with Crippen LogP contribution in [0.25, 0.3) is 0 Å². The maximum absolute atomic E-state index is 13.0. The van der Waals surface area contributed by atoms with Crippen molar-refractivity contribution in [3.05, 3.63) is 30.3 Å². The van der Waals surface area contributed by atoms with E-state index in [2.05, 4.69) is 33.7 Å². The Morgan fingerprint density at radius 1 is 0.846 bits per heavy atom. The van der Waals surface area contributed by atoms with Crippen molar-refractivity contribution in [1.82, 2.24) is 19.6 Å². The van der Waals surface area contributed by atoms with E-state index in [0.29, 0.717) is 4.90 Å². The first-order valence-corrected chi connectivity index (χ1v) is 11.2. The summed E-state index contributed by atoms with van der Waals surface area (Å²) >= 11 is 0. The lowest BCUT2D eigenvalue weighted by atomic mass is 10.2. The molecule has 146 valence electrons. The van der Waals surface area contributed by atoms with Crippen LogP contribution in [0, 0.1) is 0 Å². The van der Waals surface area contributed by atoms with Crippen LogP contribution in [0.4, 0.5) is 0 Å². The SMILES string of the molecule is CN1CCN(CC(CS(=O)(=O)c2ccccc2)N2CCN(C)CC2)CC1. The summed E-state index contributed by atoms with van der Waals surface area (Å²) in [5.74, 6) is 0.201. The molecule has 7 heteroatoms. The van der Waals surface area contributed by atoms with Gasteiger partial charge in [-0.3, -0.25) is 9.80 Å². The summed E-state index contributed by atoms with van der Waals surface area (Å²) in [7, 11) is 1.00. The molecule has 0 spiro atoms. The third-order valence-electron chi connectivity index (χ3n) is 5.63. The standard InChI is InChI=1S/C19H32N4O2S/c1-20-8-12-22(13-9-20)16-18(23-14-10-21(2)11-15-23)17-26(24,25)19-6-4-3-5-7-19/h3-7,18H,8-17H2,1-2H3. The molecule has 0 saturated carbocycles. The fourth-order valence-corrected chi connectivity index (χ4v) is 5.35. The topological polar surface area (TPSA) is 47.1 Å². The van der Waals surface area contributed by atoms with Crippen LogP contribution in [-0.4, -0.2) is 113 Å². The van der Waals surface area contributed by atoms with Crippen molar-refractivity contribution in [1.29, 1.82) is 0 Å². The molecule has 1 aromatic rings. The van der Waals surface area contributed by atoms with Crippen molar-refractivity contribution in [2.24, 2.45) is 0 Å². The van der Waals surface area contributed by atoms with Crippen LogP contribution in [-0.2, 0) is 9.84 Å². The van der Waals surface area contributed by atoms with E-state index in [1.807, 2.05) is 6.07 Å². The molecule has 2 heterocycles. The smallest absolute Gasteiger partial charge is 0.179 e. The molecule has 0 radical (unpaired) electrons. The fraction of sp³-hybridized carbons (Fsp3) is 0.684. The normalized spacial score (nSPS) is 23.2. The Morgan fingerprint density at radius 2 is 1.38 bits per heavy atom. The third kappa shape index (κ3) is 5.27.